The lowest BCUT2D eigenvalue weighted by Gasteiger charge is -2.33. The fraction of sp³-hybridized carbons (Fsp3) is 0.520. The van der Waals surface area contributed by atoms with Gasteiger partial charge in [-0.15, -0.1) is 0 Å². The van der Waals surface area contributed by atoms with E-state index in [-0.39, 0.29) is 21.8 Å². The van der Waals surface area contributed by atoms with Gasteiger partial charge in [0.1, 0.15) is 0 Å². The number of piperidine rings is 1. The van der Waals surface area contributed by atoms with Crippen molar-refractivity contribution in [2.75, 3.05) is 19.6 Å². The van der Waals surface area contributed by atoms with Gasteiger partial charge >= 0.3 is 0 Å². The lowest BCUT2D eigenvalue weighted by atomic mass is 9.92. The summed E-state index contributed by atoms with van der Waals surface area (Å²) in [6.07, 6.45) is 6.79. The van der Waals surface area contributed by atoms with Gasteiger partial charge in [0.25, 0.3) is 0 Å². The molecule has 1 aliphatic heterocycles. The number of hydrogen-bond donors (Lipinski definition) is 0. The summed E-state index contributed by atoms with van der Waals surface area (Å²) in [4.78, 5) is 0.311. The highest BCUT2D eigenvalue weighted by Crippen LogP contribution is 2.31. The van der Waals surface area contributed by atoms with Crippen LogP contribution >= 0.6 is 0 Å². The summed E-state index contributed by atoms with van der Waals surface area (Å²) in [6.45, 7) is 3.21. The summed E-state index contributed by atoms with van der Waals surface area (Å²) < 4.78 is 56.4. The molecule has 180 valence electrons. The van der Waals surface area contributed by atoms with Gasteiger partial charge in [-0.25, -0.2) is 16.8 Å². The van der Waals surface area contributed by atoms with Gasteiger partial charge in [0.15, 0.2) is 0 Å². The number of rotatable bonds is 7. The SMILES string of the molecule is CCN(C1CCCCC1)S(=O)(=O)c1ccc(S(=O)(=O)N2CCCC(c3ccccc3)C2)cc1. The van der Waals surface area contributed by atoms with Crippen LogP contribution in [0.1, 0.15) is 63.4 Å². The van der Waals surface area contributed by atoms with E-state index in [2.05, 4.69) is 0 Å². The highest BCUT2D eigenvalue weighted by Gasteiger charge is 2.33. The van der Waals surface area contributed by atoms with Gasteiger partial charge in [-0.05, 0) is 61.4 Å². The third-order valence-corrected chi connectivity index (χ3v) is 10.9. The Morgan fingerprint density at radius 2 is 1.45 bits per heavy atom. The summed E-state index contributed by atoms with van der Waals surface area (Å²) in [5.74, 6) is 0.169. The molecular weight excluding hydrogens is 456 g/mol. The van der Waals surface area contributed by atoms with Gasteiger partial charge in [0.2, 0.25) is 20.0 Å². The molecule has 1 aliphatic carbocycles. The Morgan fingerprint density at radius 3 is 2.09 bits per heavy atom. The Balaban J connectivity index is 1.53. The van der Waals surface area contributed by atoms with Crippen molar-refractivity contribution in [3.05, 3.63) is 60.2 Å². The molecule has 6 nitrogen and oxygen atoms in total. The van der Waals surface area contributed by atoms with Gasteiger partial charge in [-0.3, -0.25) is 0 Å². The summed E-state index contributed by atoms with van der Waals surface area (Å²) in [6, 6.07) is 15.8. The first-order chi connectivity index (χ1) is 15.8. The average molecular weight is 491 g/mol. The molecule has 0 amide bonds. The molecule has 8 heteroatoms. The van der Waals surface area contributed by atoms with Crippen molar-refractivity contribution >= 4 is 20.0 Å². The van der Waals surface area contributed by atoms with Crippen molar-refractivity contribution in [1.82, 2.24) is 8.61 Å². The van der Waals surface area contributed by atoms with Crippen molar-refractivity contribution in [3.63, 3.8) is 0 Å². The minimum Gasteiger partial charge on any atom is -0.207 e. The molecular formula is C25H34N2O4S2. The van der Waals surface area contributed by atoms with Gasteiger partial charge < -0.3 is 0 Å². The lowest BCUT2D eigenvalue weighted by molar-refractivity contribution is 0.261. The molecule has 33 heavy (non-hydrogen) atoms. The molecule has 2 fully saturated rings. The Labute approximate surface area is 198 Å². The molecule has 2 aromatic rings. The quantitative estimate of drug-likeness (QED) is 0.569. The van der Waals surface area contributed by atoms with E-state index in [1.165, 1.54) is 28.6 Å². The second-order valence-corrected chi connectivity index (χ2v) is 12.9. The molecule has 1 heterocycles. The maximum Gasteiger partial charge on any atom is 0.243 e. The zero-order chi connectivity index (χ0) is 23.5. The summed E-state index contributed by atoms with van der Waals surface area (Å²) in [5, 5.41) is 0. The minimum absolute atomic E-state index is 0.0282. The van der Waals surface area contributed by atoms with Gasteiger partial charge in [0.05, 0.1) is 9.79 Å². The molecule has 1 unspecified atom stereocenters. The van der Waals surface area contributed by atoms with Crippen molar-refractivity contribution < 1.29 is 16.8 Å². The summed E-state index contributed by atoms with van der Waals surface area (Å²) in [7, 11) is -7.34. The van der Waals surface area contributed by atoms with Gasteiger partial charge in [-0.2, -0.15) is 8.61 Å². The van der Waals surface area contributed by atoms with E-state index in [1.807, 2.05) is 37.3 Å². The maximum absolute atomic E-state index is 13.3. The first-order valence-electron chi connectivity index (χ1n) is 12.0. The maximum atomic E-state index is 13.3. The van der Waals surface area contributed by atoms with Gasteiger partial charge in [-0.1, -0.05) is 56.5 Å². The van der Waals surface area contributed by atoms with Crippen molar-refractivity contribution in [2.45, 2.75) is 73.6 Å². The van der Waals surface area contributed by atoms with Crippen LogP contribution in [0, 0.1) is 0 Å². The number of hydrogen-bond acceptors (Lipinski definition) is 4. The molecule has 1 saturated heterocycles. The van der Waals surface area contributed by atoms with Crippen LogP contribution in [0.3, 0.4) is 0 Å². The van der Waals surface area contributed by atoms with Gasteiger partial charge in [0, 0.05) is 25.7 Å². The zero-order valence-corrected chi connectivity index (χ0v) is 20.9. The van der Waals surface area contributed by atoms with Crippen LogP contribution in [0.5, 0.6) is 0 Å². The van der Waals surface area contributed by atoms with E-state index in [0.29, 0.717) is 19.6 Å². The third kappa shape index (κ3) is 5.19. The topological polar surface area (TPSA) is 74.8 Å². The highest BCUT2D eigenvalue weighted by molar-refractivity contribution is 7.89. The smallest absolute Gasteiger partial charge is 0.207 e. The second kappa shape index (κ2) is 10.3. The van der Waals surface area contributed by atoms with Crippen molar-refractivity contribution in [2.24, 2.45) is 0 Å². The molecule has 1 atom stereocenters. The molecule has 2 aliphatic rings. The molecule has 1 saturated carbocycles. The minimum atomic E-state index is -3.69. The normalized spacial score (nSPS) is 21.3. The van der Waals surface area contributed by atoms with Crippen molar-refractivity contribution in [3.8, 4) is 0 Å². The number of sulfonamides is 2. The van der Waals surface area contributed by atoms with E-state index in [9.17, 15) is 16.8 Å². The van der Waals surface area contributed by atoms with Crippen LogP contribution in [0.4, 0.5) is 0 Å². The van der Waals surface area contributed by atoms with Crippen molar-refractivity contribution in [1.29, 1.82) is 0 Å². The van der Waals surface area contributed by atoms with E-state index >= 15 is 0 Å². The predicted octanol–water partition coefficient (Wildman–Crippen LogP) is 4.60. The Kier molecular flexibility index (Phi) is 7.58. The number of benzene rings is 2. The van der Waals surface area contributed by atoms with E-state index in [1.54, 1.807) is 4.31 Å². The molecule has 4 rings (SSSR count). The van der Waals surface area contributed by atoms with Crippen LogP contribution in [0.15, 0.2) is 64.4 Å². The van der Waals surface area contributed by atoms with Crippen LogP contribution in [0.25, 0.3) is 0 Å². The molecule has 2 aromatic carbocycles. The van der Waals surface area contributed by atoms with Crippen LogP contribution in [0.2, 0.25) is 0 Å². The summed E-state index contributed by atoms with van der Waals surface area (Å²) in [5.41, 5.74) is 1.15. The van der Waals surface area contributed by atoms with E-state index in [0.717, 1.165) is 50.5 Å². The molecule has 0 spiro atoms. The molecule has 0 N–H and O–H groups in total. The first kappa shape index (κ1) is 24.4. The fourth-order valence-corrected chi connectivity index (χ4v) is 8.44. The van der Waals surface area contributed by atoms with Crippen LogP contribution < -0.4 is 0 Å². The van der Waals surface area contributed by atoms with Crippen LogP contribution in [-0.4, -0.2) is 51.1 Å². The number of nitrogens with zero attached hydrogens (tertiary/aromatic N) is 2. The molecule has 0 radical (unpaired) electrons. The van der Waals surface area contributed by atoms with E-state index in [4.69, 9.17) is 0 Å². The third-order valence-electron chi connectivity index (χ3n) is 7.02. The second-order valence-electron chi connectivity index (χ2n) is 9.08. The standard InChI is InChI=1S/C25H34N2O4S2/c1-2-27(23-13-7-4-8-14-23)33(30,31)25-17-15-24(16-18-25)32(28,29)26-19-9-12-22(20-26)21-10-5-3-6-11-21/h3,5-6,10-11,15-18,22-23H,2,4,7-9,12-14,19-20H2,1H3. The predicted molar refractivity (Wildman–Crippen MR) is 130 cm³/mol. The monoisotopic (exact) mass is 490 g/mol. The Morgan fingerprint density at radius 1 is 0.818 bits per heavy atom. The lowest BCUT2D eigenvalue weighted by Crippen LogP contribution is -2.41. The molecule has 0 aromatic heterocycles. The zero-order valence-electron chi connectivity index (χ0n) is 19.3. The Hall–Kier alpha value is -1.74. The van der Waals surface area contributed by atoms with E-state index < -0.39 is 20.0 Å². The molecule has 0 bridgehead atoms. The fourth-order valence-electron chi connectivity index (χ4n) is 5.22. The van der Waals surface area contributed by atoms with Crippen LogP contribution in [-0.2, 0) is 20.0 Å². The first-order valence-corrected chi connectivity index (χ1v) is 14.9. The summed E-state index contributed by atoms with van der Waals surface area (Å²) >= 11 is 0. The highest BCUT2D eigenvalue weighted by atomic mass is 32.2. The largest absolute Gasteiger partial charge is 0.243 e. The average Bonchev–Trinajstić information content (AvgIpc) is 2.86. The Bertz CT molecular complexity index is 1130.